The minimum Gasteiger partial charge on any atom is -0.347 e. The predicted octanol–water partition coefficient (Wildman–Crippen LogP) is 0.418. The van der Waals surface area contributed by atoms with E-state index in [1.54, 1.807) is 40.3 Å². The van der Waals surface area contributed by atoms with Crippen molar-refractivity contribution in [3.8, 4) is 0 Å². The van der Waals surface area contributed by atoms with Gasteiger partial charge in [-0.15, -0.1) is 0 Å². The highest BCUT2D eigenvalue weighted by molar-refractivity contribution is 5.97. The third-order valence-electron chi connectivity index (χ3n) is 1.96. The zero-order chi connectivity index (χ0) is 11.6. The van der Waals surface area contributed by atoms with Gasteiger partial charge in [-0.1, -0.05) is 0 Å². The summed E-state index contributed by atoms with van der Waals surface area (Å²) in [6, 6.07) is 3.22. The molecule has 0 spiro atoms. The SMILES string of the molecule is CN(C)C(=O)c1ccc(C(=O)N(C)C)[nH]1. The van der Waals surface area contributed by atoms with Gasteiger partial charge in [-0.05, 0) is 12.1 Å². The number of hydrogen-bond donors (Lipinski definition) is 1. The Hall–Kier alpha value is -1.78. The Labute approximate surface area is 88.7 Å². The van der Waals surface area contributed by atoms with Crippen LogP contribution in [0.3, 0.4) is 0 Å². The lowest BCUT2D eigenvalue weighted by Gasteiger charge is -2.09. The van der Waals surface area contributed by atoms with Crippen LogP contribution in [0.2, 0.25) is 0 Å². The van der Waals surface area contributed by atoms with Crippen LogP contribution in [0.4, 0.5) is 0 Å². The second-order valence-electron chi connectivity index (χ2n) is 3.68. The van der Waals surface area contributed by atoms with Crippen molar-refractivity contribution >= 4 is 11.8 Å². The van der Waals surface area contributed by atoms with Crippen LogP contribution in [-0.2, 0) is 0 Å². The molecule has 1 N–H and O–H groups in total. The molecular formula is C10H15N3O2. The summed E-state index contributed by atoms with van der Waals surface area (Å²) in [4.78, 5) is 28.7. The van der Waals surface area contributed by atoms with Crippen molar-refractivity contribution in [2.75, 3.05) is 28.2 Å². The van der Waals surface area contributed by atoms with E-state index in [4.69, 9.17) is 0 Å². The molecule has 1 heterocycles. The monoisotopic (exact) mass is 209 g/mol. The number of nitrogens with zero attached hydrogens (tertiary/aromatic N) is 2. The van der Waals surface area contributed by atoms with E-state index in [1.165, 1.54) is 9.80 Å². The first-order valence-electron chi connectivity index (χ1n) is 4.55. The Morgan fingerprint density at radius 1 is 0.933 bits per heavy atom. The molecule has 0 aromatic carbocycles. The van der Waals surface area contributed by atoms with Crippen LogP contribution in [0, 0.1) is 0 Å². The van der Waals surface area contributed by atoms with Gasteiger partial charge in [-0.25, -0.2) is 0 Å². The third-order valence-corrected chi connectivity index (χ3v) is 1.96. The van der Waals surface area contributed by atoms with Gasteiger partial charge in [-0.2, -0.15) is 0 Å². The maximum atomic E-state index is 11.5. The fourth-order valence-electron chi connectivity index (χ4n) is 1.13. The molecule has 0 unspecified atom stereocenters. The van der Waals surface area contributed by atoms with E-state index in [2.05, 4.69) is 4.98 Å². The van der Waals surface area contributed by atoms with Crippen molar-refractivity contribution in [1.29, 1.82) is 0 Å². The number of aromatic amines is 1. The summed E-state index contributed by atoms with van der Waals surface area (Å²) in [6.45, 7) is 0. The molecule has 0 aliphatic heterocycles. The van der Waals surface area contributed by atoms with Gasteiger partial charge in [0, 0.05) is 28.2 Å². The van der Waals surface area contributed by atoms with Crippen LogP contribution in [0.5, 0.6) is 0 Å². The average molecular weight is 209 g/mol. The Morgan fingerprint density at radius 2 is 1.27 bits per heavy atom. The molecule has 0 fully saturated rings. The Balaban J connectivity index is 2.90. The fraction of sp³-hybridized carbons (Fsp3) is 0.400. The van der Waals surface area contributed by atoms with Gasteiger partial charge in [0.2, 0.25) is 0 Å². The lowest BCUT2D eigenvalue weighted by molar-refractivity contribution is 0.0818. The van der Waals surface area contributed by atoms with E-state index in [0.717, 1.165) is 0 Å². The molecule has 1 aromatic heterocycles. The Morgan fingerprint density at radius 3 is 1.53 bits per heavy atom. The number of carbonyl (C=O) groups excluding carboxylic acids is 2. The van der Waals surface area contributed by atoms with Gasteiger partial charge in [0.25, 0.3) is 11.8 Å². The molecular weight excluding hydrogens is 194 g/mol. The number of aromatic nitrogens is 1. The summed E-state index contributed by atoms with van der Waals surface area (Å²) in [6.07, 6.45) is 0. The summed E-state index contributed by atoms with van der Waals surface area (Å²) in [5.41, 5.74) is 0.843. The van der Waals surface area contributed by atoms with Crippen LogP contribution in [0.1, 0.15) is 21.0 Å². The molecule has 82 valence electrons. The fourth-order valence-corrected chi connectivity index (χ4v) is 1.13. The molecule has 1 rings (SSSR count). The Kier molecular flexibility index (Phi) is 3.14. The van der Waals surface area contributed by atoms with Crippen molar-refractivity contribution < 1.29 is 9.59 Å². The molecule has 2 amide bonds. The van der Waals surface area contributed by atoms with Crippen molar-refractivity contribution in [3.05, 3.63) is 23.5 Å². The topological polar surface area (TPSA) is 56.4 Å². The molecule has 0 radical (unpaired) electrons. The van der Waals surface area contributed by atoms with Gasteiger partial charge >= 0.3 is 0 Å². The molecule has 0 saturated carbocycles. The summed E-state index contributed by atoms with van der Waals surface area (Å²) < 4.78 is 0. The number of hydrogen-bond acceptors (Lipinski definition) is 2. The van der Waals surface area contributed by atoms with Crippen LogP contribution < -0.4 is 0 Å². The molecule has 0 atom stereocenters. The van der Waals surface area contributed by atoms with Gasteiger partial charge < -0.3 is 14.8 Å². The average Bonchev–Trinajstić information content (AvgIpc) is 2.63. The molecule has 0 bridgehead atoms. The lowest BCUT2D eigenvalue weighted by Crippen LogP contribution is -2.24. The molecule has 1 aromatic rings. The van der Waals surface area contributed by atoms with Crippen molar-refractivity contribution in [2.45, 2.75) is 0 Å². The number of carbonyl (C=O) groups is 2. The summed E-state index contributed by atoms with van der Waals surface area (Å²) in [7, 11) is 6.65. The van der Waals surface area contributed by atoms with E-state index >= 15 is 0 Å². The van der Waals surface area contributed by atoms with E-state index in [1.807, 2.05) is 0 Å². The van der Waals surface area contributed by atoms with Crippen LogP contribution in [0.15, 0.2) is 12.1 Å². The maximum absolute atomic E-state index is 11.5. The number of H-pyrrole nitrogens is 1. The highest BCUT2D eigenvalue weighted by Crippen LogP contribution is 2.05. The highest BCUT2D eigenvalue weighted by Gasteiger charge is 2.14. The van der Waals surface area contributed by atoms with Crippen LogP contribution in [0.25, 0.3) is 0 Å². The molecule has 0 saturated heterocycles. The number of nitrogens with one attached hydrogen (secondary N) is 1. The van der Waals surface area contributed by atoms with Gasteiger partial charge in [0.1, 0.15) is 11.4 Å². The lowest BCUT2D eigenvalue weighted by atomic mass is 10.4. The summed E-state index contributed by atoms with van der Waals surface area (Å²) in [5.74, 6) is -0.291. The first-order valence-corrected chi connectivity index (χ1v) is 4.55. The quantitative estimate of drug-likeness (QED) is 0.767. The number of amides is 2. The van der Waals surface area contributed by atoms with Crippen molar-refractivity contribution in [3.63, 3.8) is 0 Å². The molecule has 0 aliphatic carbocycles. The van der Waals surface area contributed by atoms with E-state index in [-0.39, 0.29) is 11.8 Å². The normalized spacial score (nSPS) is 9.87. The second-order valence-corrected chi connectivity index (χ2v) is 3.68. The first-order chi connectivity index (χ1) is 6.93. The zero-order valence-electron chi connectivity index (χ0n) is 9.37. The van der Waals surface area contributed by atoms with Crippen molar-refractivity contribution in [2.24, 2.45) is 0 Å². The molecule has 5 heteroatoms. The van der Waals surface area contributed by atoms with Gasteiger partial charge in [0.05, 0.1) is 0 Å². The highest BCUT2D eigenvalue weighted by atomic mass is 16.2. The second kappa shape index (κ2) is 4.16. The Bertz CT molecular complexity index is 345. The summed E-state index contributed by atoms with van der Waals surface area (Å²) in [5, 5.41) is 0. The van der Waals surface area contributed by atoms with E-state index in [9.17, 15) is 9.59 Å². The van der Waals surface area contributed by atoms with E-state index < -0.39 is 0 Å². The molecule has 0 aliphatic rings. The molecule has 5 nitrogen and oxygen atoms in total. The minimum absolute atomic E-state index is 0.146. The van der Waals surface area contributed by atoms with Crippen LogP contribution in [-0.4, -0.2) is 54.8 Å². The zero-order valence-corrected chi connectivity index (χ0v) is 9.37. The molecule has 15 heavy (non-hydrogen) atoms. The predicted molar refractivity (Wildman–Crippen MR) is 56.8 cm³/mol. The summed E-state index contributed by atoms with van der Waals surface area (Å²) >= 11 is 0. The number of rotatable bonds is 2. The van der Waals surface area contributed by atoms with E-state index in [0.29, 0.717) is 11.4 Å². The van der Waals surface area contributed by atoms with Gasteiger partial charge in [0.15, 0.2) is 0 Å². The van der Waals surface area contributed by atoms with Crippen LogP contribution >= 0.6 is 0 Å². The minimum atomic E-state index is -0.146. The van der Waals surface area contributed by atoms with Gasteiger partial charge in [-0.3, -0.25) is 9.59 Å². The smallest absolute Gasteiger partial charge is 0.269 e. The largest absolute Gasteiger partial charge is 0.347 e. The van der Waals surface area contributed by atoms with Crippen molar-refractivity contribution in [1.82, 2.24) is 14.8 Å². The standard InChI is InChI=1S/C10H15N3O2/c1-12(2)9(14)7-5-6-8(11-7)10(15)13(3)4/h5-6,11H,1-4H3. The maximum Gasteiger partial charge on any atom is 0.269 e. The first kappa shape index (κ1) is 11.3. The third kappa shape index (κ3) is 2.37.